The summed E-state index contributed by atoms with van der Waals surface area (Å²) in [4.78, 5) is 47.1. The van der Waals surface area contributed by atoms with Crippen LogP contribution < -0.4 is 10.6 Å². The number of nitrogens with one attached hydrogen (secondary N) is 3. The highest BCUT2D eigenvalue weighted by Gasteiger charge is 2.49. The quantitative estimate of drug-likeness (QED) is 0.537. The maximum Gasteiger partial charge on any atom is 0.325 e. The number of benzene rings is 2. The van der Waals surface area contributed by atoms with Gasteiger partial charge in [-0.1, -0.05) is 36.2 Å². The van der Waals surface area contributed by atoms with E-state index in [4.69, 9.17) is 0 Å². The molecule has 164 valence electrons. The number of aryl methyl sites for hydroxylation is 1. The number of hydrogen-bond donors (Lipinski definition) is 3. The highest BCUT2D eigenvalue weighted by atomic mass is 16.2. The summed E-state index contributed by atoms with van der Waals surface area (Å²) in [5, 5.41) is 5.51. The van der Waals surface area contributed by atoms with E-state index in [0.717, 1.165) is 40.2 Å². The standard InChI is InChI=1S/C24H25N5O3/c1-14-6-8-16(9-7-14)24(2)22(31)29(23(32)28-24)13-20(30)25-17-10-11-18-19(12-17)27-21(26-18)15-4-3-5-15/h6-12,15H,3-5,13H2,1-2H3,(H,25,30)(H,26,27)(H,28,32). The fourth-order valence-corrected chi connectivity index (χ4v) is 4.25. The number of aromatic nitrogens is 2. The first-order valence-corrected chi connectivity index (χ1v) is 10.8. The number of hydrogen-bond acceptors (Lipinski definition) is 4. The zero-order valence-corrected chi connectivity index (χ0v) is 18.1. The molecule has 32 heavy (non-hydrogen) atoms. The highest BCUT2D eigenvalue weighted by Crippen LogP contribution is 2.35. The van der Waals surface area contributed by atoms with E-state index in [-0.39, 0.29) is 6.54 Å². The normalized spacial score (nSPS) is 21.0. The predicted octanol–water partition coefficient (Wildman–Crippen LogP) is 3.54. The minimum Gasteiger partial charge on any atom is -0.342 e. The first-order valence-electron chi connectivity index (χ1n) is 10.8. The van der Waals surface area contributed by atoms with Gasteiger partial charge in [-0.3, -0.25) is 14.5 Å². The lowest BCUT2D eigenvalue weighted by atomic mass is 9.85. The molecule has 0 radical (unpaired) electrons. The van der Waals surface area contributed by atoms with Crippen molar-refractivity contribution in [2.24, 2.45) is 0 Å². The number of urea groups is 1. The monoisotopic (exact) mass is 431 g/mol. The van der Waals surface area contributed by atoms with E-state index in [1.807, 2.05) is 43.3 Å². The van der Waals surface area contributed by atoms with Crippen molar-refractivity contribution >= 4 is 34.6 Å². The summed E-state index contributed by atoms with van der Waals surface area (Å²) in [5.41, 5.74) is 2.83. The van der Waals surface area contributed by atoms with Gasteiger partial charge in [0, 0.05) is 11.6 Å². The van der Waals surface area contributed by atoms with Crippen LogP contribution in [0, 0.1) is 6.92 Å². The van der Waals surface area contributed by atoms with Crippen LogP contribution in [0.15, 0.2) is 42.5 Å². The number of imide groups is 1. The molecule has 0 bridgehead atoms. The first-order chi connectivity index (χ1) is 15.3. The zero-order valence-electron chi connectivity index (χ0n) is 18.1. The number of fused-ring (bicyclic) bond motifs is 1. The van der Waals surface area contributed by atoms with Gasteiger partial charge in [0.15, 0.2) is 0 Å². The third-order valence-corrected chi connectivity index (χ3v) is 6.48. The van der Waals surface area contributed by atoms with Crippen LogP contribution in [-0.2, 0) is 15.1 Å². The van der Waals surface area contributed by atoms with Crippen LogP contribution in [0.3, 0.4) is 0 Å². The van der Waals surface area contributed by atoms with E-state index in [1.165, 1.54) is 6.42 Å². The summed E-state index contributed by atoms with van der Waals surface area (Å²) in [6.07, 6.45) is 3.53. The molecule has 2 heterocycles. The summed E-state index contributed by atoms with van der Waals surface area (Å²) >= 11 is 0. The summed E-state index contributed by atoms with van der Waals surface area (Å²) in [6.45, 7) is 3.24. The second-order valence-corrected chi connectivity index (χ2v) is 8.84. The van der Waals surface area contributed by atoms with E-state index < -0.39 is 23.4 Å². The van der Waals surface area contributed by atoms with Crippen LogP contribution in [0.5, 0.6) is 0 Å². The summed E-state index contributed by atoms with van der Waals surface area (Å²) < 4.78 is 0. The van der Waals surface area contributed by atoms with Crippen molar-refractivity contribution in [3.8, 4) is 0 Å². The number of carbonyl (C=O) groups is 3. The minimum absolute atomic E-state index is 0.361. The van der Waals surface area contributed by atoms with Crippen molar-refractivity contribution in [1.82, 2.24) is 20.2 Å². The average molecular weight is 431 g/mol. The molecule has 8 nitrogen and oxygen atoms in total. The van der Waals surface area contributed by atoms with Gasteiger partial charge < -0.3 is 15.6 Å². The number of H-pyrrole nitrogens is 1. The Labute approximate surface area is 185 Å². The Kier molecular flexibility index (Phi) is 4.73. The smallest absolute Gasteiger partial charge is 0.325 e. The van der Waals surface area contributed by atoms with E-state index in [0.29, 0.717) is 17.2 Å². The van der Waals surface area contributed by atoms with Crippen molar-refractivity contribution in [3.63, 3.8) is 0 Å². The Morgan fingerprint density at radius 3 is 2.62 bits per heavy atom. The zero-order chi connectivity index (χ0) is 22.5. The second-order valence-electron chi connectivity index (χ2n) is 8.84. The van der Waals surface area contributed by atoms with Crippen LogP contribution in [0.4, 0.5) is 10.5 Å². The fourth-order valence-electron chi connectivity index (χ4n) is 4.25. The Morgan fingerprint density at radius 2 is 1.94 bits per heavy atom. The maximum atomic E-state index is 13.0. The molecule has 0 spiro atoms. The van der Waals surface area contributed by atoms with Crippen LogP contribution in [-0.4, -0.2) is 39.3 Å². The number of imidazole rings is 1. The second kappa shape index (κ2) is 7.47. The van der Waals surface area contributed by atoms with Gasteiger partial charge in [-0.2, -0.15) is 0 Å². The molecule has 8 heteroatoms. The topological polar surface area (TPSA) is 107 Å². The van der Waals surface area contributed by atoms with Crippen molar-refractivity contribution in [1.29, 1.82) is 0 Å². The molecule has 2 aromatic carbocycles. The fraction of sp³-hybridized carbons (Fsp3) is 0.333. The lowest BCUT2D eigenvalue weighted by Gasteiger charge is -2.22. The lowest BCUT2D eigenvalue weighted by Crippen LogP contribution is -2.42. The van der Waals surface area contributed by atoms with Gasteiger partial charge >= 0.3 is 6.03 Å². The molecule has 5 rings (SSSR count). The maximum absolute atomic E-state index is 13.0. The molecular weight excluding hydrogens is 406 g/mol. The lowest BCUT2D eigenvalue weighted by molar-refractivity contribution is -0.133. The molecular formula is C24H25N5O3. The minimum atomic E-state index is -1.20. The van der Waals surface area contributed by atoms with Crippen LogP contribution in [0.25, 0.3) is 11.0 Å². The molecule has 2 aliphatic rings. The molecule has 1 atom stereocenters. The molecule has 1 aliphatic carbocycles. The molecule has 1 aromatic heterocycles. The molecule has 1 saturated carbocycles. The van der Waals surface area contributed by atoms with Crippen LogP contribution in [0.1, 0.15) is 49.1 Å². The summed E-state index contributed by atoms with van der Waals surface area (Å²) in [5.74, 6) is 0.586. The molecule has 1 unspecified atom stereocenters. The van der Waals surface area contributed by atoms with Gasteiger partial charge in [-0.15, -0.1) is 0 Å². The Hall–Kier alpha value is -3.68. The highest BCUT2D eigenvalue weighted by molar-refractivity contribution is 6.10. The third kappa shape index (κ3) is 3.41. The molecule has 2 fully saturated rings. The van der Waals surface area contributed by atoms with E-state index in [1.54, 1.807) is 13.0 Å². The van der Waals surface area contributed by atoms with Crippen LogP contribution in [0.2, 0.25) is 0 Å². The molecule has 4 amide bonds. The SMILES string of the molecule is Cc1ccc(C2(C)NC(=O)N(CC(=O)Nc3ccc4nc(C5CCC5)[nH]c4c3)C2=O)cc1. The first kappa shape index (κ1) is 20.2. The summed E-state index contributed by atoms with van der Waals surface area (Å²) in [7, 11) is 0. The van der Waals surface area contributed by atoms with Crippen LogP contribution >= 0.6 is 0 Å². The van der Waals surface area contributed by atoms with Gasteiger partial charge in [0.25, 0.3) is 5.91 Å². The Bertz CT molecular complexity index is 1230. The number of rotatable bonds is 5. The Morgan fingerprint density at radius 1 is 1.19 bits per heavy atom. The molecule has 1 saturated heterocycles. The Balaban J connectivity index is 1.28. The van der Waals surface area contributed by atoms with Gasteiger partial charge in [-0.25, -0.2) is 9.78 Å². The average Bonchev–Trinajstić information content (AvgIpc) is 3.21. The van der Waals surface area contributed by atoms with Crippen molar-refractivity contribution < 1.29 is 14.4 Å². The number of carbonyl (C=O) groups excluding carboxylic acids is 3. The number of nitrogens with zero attached hydrogens (tertiary/aromatic N) is 2. The number of amides is 4. The van der Waals surface area contributed by atoms with E-state index in [2.05, 4.69) is 20.6 Å². The number of aromatic amines is 1. The third-order valence-electron chi connectivity index (χ3n) is 6.48. The van der Waals surface area contributed by atoms with Gasteiger partial charge in [0.1, 0.15) is 17.9 Å². The molecule has 3 N–H and O–H groups in total. The van der Waals surface area contributed by atoms with E-state index in [9.17, 15) is 14.4 Å². The van der Waals surface area contributed by atoms with Gasteiger partial charge in [0.2, 0.25) is 5.91 Å². The molecule has 3 aromatic rings. The number of anilines is 1. The van der Waals surface area contributed by atoms with E-state index >= 15 is 0 Å². The summed E-state index contributed by atoms with van der Waals surface area (Å²) in [6, 6.07) is 12.3. The molecule has 1 aliphatic heterocycles. The largest absolute Gasteiger partial charge is 0.342 e. The van der Waals surface area contributed by atoms with Crippen molar-refractivity contribution in [3.05, 3.63) is 59.4 Å². The van der Waals surface area contributed by atoms with Gasteiger partial charge in [-0.05, 0) is 50.5 Å². The van der Waals surface area contributed by atoms with Gasteiger partial charge in [0.05, 0.1) is 11.0 Å². The predicted molar refractivity (Wildman–Crippen MR) is 120 cm³/mol. The van der Waals surface area contributed by atoms with Crippen molar-refractivity contribution in [2.75, 3.05) is 11.9 Å². The van der Waals surface area contributed by atoms with Crippen molar-refractivity contribution in [2.45, 2.75) is 44.6 Å².